The second-order valence-electron chi connectivity index (χ2n) is 8.50. The van der Waals surface area contributed by atoms with E-state index in [1.165, 1.54) is 48.4 Å². The molecule has 0 radical (unpaired) electrons. The fraction of sp³-hybridized carbons (Fsp3) is 0.636. The third kappa shape index (κ3) is 7.02. The molecule has 3 rings (SSSR count). The Bertz CT molecular complexity index is 844. The second kappa shape index (κ2) is 11.1. The number of hydrogen-bond acceptors (Lipinski definition) is 5. The van der Waals surface area contributed by atoms with Crippen LogP contribution in [0.4, 0.5) is 0 Å². The van der Waals surface area contributed by atoms with Gasteiger partial charge in [-0.1, -0.05) is 32.1 Å². The van der Waals surface area contributed by atoms with Crippen molar-refractivity contribution in [2.45, 2.75) is 62.4 Å². The van der Waals surface area contributed by atoms with E-state index in [1.54, 1.807) is 0 Å². The summed E-state index contributed by atoms with van der Waals surface area (Å²) in [6, 6.07) is 5.79. The minimum absolute atomic E-state index is 0.0886. The molecule has 1 atom stereocenters. The summed E-state index contributed by atoms with van der Waals surface area (Å²) in [4.78, 5) is 26.0. The number of nitrogens with two attached hydrogens (primary N) is 1. The zero-order chi connectivity index (χ0) is 22.3. The molecule has 2 amide bonds. The largest absolute Gasteiger partial charge is 0.377 e. The van der Waals surface area contributed by atoms with Gasteiger partial charge in [-0.25, -0.2) is 13.1 Å². The lowest BCUT2D eigenvalue weighted by molar-refractivity contribution is -0.118. The molecule has 0 unspecified atom stereocenters. The van der Waals surface area contributed by atoms with Crippen molar-refractivity contribution in [3.05, 3.63) is 29.8 Å². The third-order valence-corrected chi connectivity index (χ3v) is 7.54. The molecule has 172 valence electrons. The van der Waals surface area contributed by atoms with Crippen molar-refractivity contribution >= 4 is 21.8 Å². The molecule has 1 aliphatic carbocycles. The molecule has 9 heteroatoms. The first-order valence-corrected chi connectivity index (χ1v) is 12.6. The Morgan fingerprint density at radius 3 is 2.39 bits per heavy atom. The van der Waals surface area contributed by atoms with E-state index in [9.17, 15) is 18.0 Å². The molecule has 0 spiro atoms. The Balaban J connectivity index is 1.61. The van der Waals surface area contributed by atoms with E-state index in [2.05, 4.69) is 4.72 Å². The van der Waals surface area contributed by atoms with Gasteiger partial charge in [0.25, 0.3) is 5.91 Å². The van der Waals surface area contributed by atoms with Crippen molar-refractivity contribution in [2.75, 3.05) is 26.2 Å². The van der Waals surface area contributed by atoms with E-state index in [0.717, 1.165) is 32.1 Å². The van der Waals surface area contributed by atoms with Crippen LogP contribution in [0.1, 0.15) is 61.7 Å². The van der Waals surface area contributed by atoms with Crippen molar-refractivity contribution in [1.82, 2.24) is 9.62 Å². The van der Waals surface area contributed by atoms with Gasteiger partial charge in [0.1, 0.15) is 0 Å². The van der Waals surface area contributed by atoms with Crippen LogP contribution in [-0.2, 0) is 19.6 Å². The van der Waals surface area contributed by atoms with Crippen LogP contribution in [0.15, 0.2) is 29.2 Å². The molecule has 1 aliphatic heterocycles. The molecular weight excluding hydrogens is 418 g/mol. The number of benzene rings is 1. The summed E-state index contributed by atoms with van der Waals surface area (Å²) >= 11 is 0. The second-order valence-corrected chi connectivity index (χ2v) is 10.3. The predicted molar refractivity (Wildman–Crippen MR) is 117 cm³/mol. The van der Waals surface area contributed by atoms with Gasteiger partial charge in [0, 0.05) is 25.3 Å². The number of nitrogens with one attached hydrogen (secondary N) is 1. The van der Waals surface area contributed by atoms with Crippen LogP contribution < -0.4 is 10.5 Å². The Hall–Kier alpha value is -1.97. The lowest BCUT2D eigenvalue weighted by Gasteiger charge is -2.26. The molecule has 3 N–H and O–H groups in total. The molecule has 2 fully saturated rings. The van der Waals surface area contributed by atoms with Gasteiger partial charge in [-0.15, -0.1) is 0 Å². The first-order chi connectivity index (χ1) is 14.8. The molecule has 1 saturated carbocycles. The lowest BCUT2D eigenvalue weighted by Crippen LogP contribution is -2.39. The number of ether oxygens (including phenoxy) is 1. The maximum Gasteiger partial charge on any atom is 0.254 e. The highest BCUT2D eigenvalue weighted by atomic mass is 32.2. The Morgan fingerprint density at radius 2 is 1.77 bits per heavy atom. The lowest BCUT2D eigenvalue weighted by atomic mass is 9.87. The SMILES string of the molecule is NC(=O)CN(CCC1CCCCC1)C(=O)c1ccc(S(=O)(=O)NC[C@@H]2CCCO2)cc1. The molecule has 2 aliphatic rings. The van der Waals surface area contributed by atoms with Crippen LogP contribution in [0, 0.1) is 5.92 Å². The zero-order valence-corrected chi connectivity index (χ0v) is 18.7. The molecule has 1 heterocycles. The van der Waals surface area contributed by atoms with Crippen LogP contribution in [0.2, 0.25) is 0 Å². The van der Waals surface area contributed by atoms with E-state index in [1.807, 2.05) is 0 Å². The van der Waals surface area contributed by atoms with Gasteiger partial charge in [0.15, 0.2) is 0 Å². The van der Waals surface area contributed by atoms with Crippen LogP contribution in [0.25, 0.3) is 0 Å². The van der Waals surface area contributed by atoms with Gasteiger partial charge in [-0.05, 0) is 49.4 Å². The van der Waals surface area contributed by atoms with Gasteiger partial charge in [0.2, 0.25) is 15.9 Å². The van der Waals surface area contributed by atoms with E-state index < -0.39 is 15.9 Å². The van der Waals surface area contributed by atoms with Crippen LogP contribution >= 0.6 is 0 Å². The minimum Gasteiger partial charge on any atom is -0.377 e. The van der Waals surface area contributed by atoms with Crippen molar-refractivity contribution in [3.63, 3.8) is 0 Å². The average molecular weight is 452 g/mol. The summed E-state index contributed by atoms with van der Waals surface area (Å²) in [6.45, 7) is 1.21. The topological polar surface area (TPSA) is 119 Å². The fourth-order valence-corrected chi connectivity index (χ4v) is 5.37. The molecular formula is C22H33N3O5S. The summed E-state index contributed by atoms with van der Waals surface area (Å²) in [5.74, 6) is -0.306. The van der Waals surface area contributed by atoms with E-state index in [4.69, 9.17) is 10.5 Å². The highest BCUT2D eigenvalue weighted by molar-refractivity contribution is 7.89. The van der Waals surface area contributed by atoms with Crippen LogP contribution in [-0.4, -0.2) is 57.5 Å². The van der Waals surface area contributed by atoms with E-state index in [0.29, 0.717) is 24.6 Å². The van der Waals surface area contributed by atoms with Crippen molar-refractivity contribution in [1.29, 1.82) is 0 Å². The summed E-state index contributed by atoms with van der Waals surface area (Å²) in [5, 5.41) is 0. The molecule has 1 saturated heterocycles. The smallest absolute Gasteiger partial charge is 0.254 e. The normalized spacial score (nSPS) is 19.9. The number of rotatable bonds is 10. The Labute approximate surface area is 184 Å². The van der Waals surface area contributed by atoms with Gasteiger partial charge in [0.05, 0.1) is 17.5 Å². The number of primary amides is 1. The first kappa shape index (κ1) is 23.7. The summed E-state index contributed by atoms with van der Waals surface area (Å²) in [7, 11) is -3.68. The number of carbonyl (C=O) groups is 2. The average Bonchev–Trinajstić information content (AvgIpc) is 3.29. The predicted octanol–water partition coefficient (Wildman–Crippen LogP) is 2.04. The number of sulfonamides is 1. The summed E-state index contributed by atoms with van der Waals surface area (Å²) < 4.78 is 33.0. The summed E-state index contributed by atoms with van der Waals surface area (Å²) in [6.07, 6.45) is 8.53. The standard InChI is InChI=1S/C22H33N3O5S/c23-21(26)16-25(13-12-17-5-2-1-3-6-17)22(27)18-8-10-20(11-9-18)31(28,29)24-15-19-7-4-14-30-19/h8-11,17,19,24H,1-7,12-16H2,(H2,23,26)/t19-/m0/s1. The van der Waals surface area contributed by atoms with Gasteiger partial charge in [-0.3, -0.25) is 9.59 Å². The van der Waals surface area contributed by atoms with Gasteiger partial charge < -0.3 is 15.4 Å². The van der Waals surface area contributed by atoms with Crippen molar-refractivity contribution < 1.29 is 22.7 Å². The van der Waals surface area contributed by atoms with Crippen LogP contribution in [0.5, 0.6) is 0 Å². The van der Waals surface area contributed by atoms with Gasteiger partial charge in [-0.2, -0.15) is 0 Å². The maximum atomic E-state index is 13.0. The zero-order valence-electron chi connectivity index (χ0n) is 17.9. The Kier molecular flexibility index (Phi) is 8.45. The quantitative estimate of drug-likeness (QED) is 0.564. The highest BCUT2D eigenvalue weighted by Crippen LogP contribution is 2.26. The van der Waals surface area contributed by atoms with E-state index in [-0.39, 0.29) is 30.0 Å². The number of amides is 2. The molecule has 0 bridgehead atoms. The van der Waals surface area contributed by atoms with Crippen molar-refractivity contribution in [3.8, 4) is 0 Å². The third-order valence-electron chi connectivity index (χ3n) is 6.10. The Morgan fingerprint density at radius 1 is 1.06 bits per heavy atom. The monoisotopic (exact) mass is 451 g/mol. The minimum atomic E-state index is -3.68. The highest BCUT2D eigenvalue weighted by Gasteiger charge is 2.23. The fourth-order valence-electron chi connectivity index (χ4n) is 4.31. The van der Waals surface area contributed by atoms with Crippen molar-refractivity contribution in [2.24, 2.45) is 11.7 Å². The maximum absolute atomic E-state index is 13.0. The summed E-state index contributed by atoms with van der Waals surface area (Å²) in [5.41, 5.74) is 5.69. The first-order valence-electron chi connectivity index (χ1n) is 11.1. The number of nitrogens with zero attached hydrogens (tertiary/aromatic N) is 1. The molecule has 8 nitrogen and oxygen atoms in total. The number of carbonyl (C=O) groups excluding carboxylic acids is 2. The number of hydrogen-bond donors (Lipinski definition) is 2. The molecule has 0 aromatic heterocycles. The molecule has 1 aromatic rings. The molecule has 1 aromatic carbocycles. The van der Waals surface area contributed by atoms with E-state index >= 15 is 0 Å². The van der Waals surface area contributed by atoms with Gasteiger partial charge >= 0.3 is 0 Å². The molecule has 31 heavy (non-hydrogen) atoms. The van der Waals surface area contributed by atoms with Crippen LogP contribution in [0.3, 0.4) is 0 Å².